The summed E-state index contributed by atoms with van der Waals surface area (Å²) < 4.78 is 27.1. The van der Waals surface area contributed by atoms with Crippen molar-refractivity contribution in [3.63, 3.8) is 0 Å². The Morgan fingerprint density at radius 3 is 2.72 bits per heavy atom. The number of halogens is 2. The van der Waals surface area contributed by atoms with E-state index in [0.717, 1.165) is 37.9 Å². The Bertz CT molecular complexity index is 580. The highest BCUT2D eigenvalue weighted by atomic mass is 19.1. The summed E-state index contributed by atoms with van der Waals surface area (Å²) in [7, 11) is 0. The van der Waals surface area contributed by atoms with Gasteiger partial charge < -0.3 is 10.2 Å². The van der Waals surface area contributed by atoms with E-state index >= 15 is 0 Å². The first-order valence-corrected chi connectivity index (χ1v) is 5.95. The topological polar surface area (TPSA) is 28.2 Å². The van der Waals surface area contributed by atoms with Gasteiger partial charge in [-0.05, 0) is 6.07 Å². The fourth-order valence-electron chi connectivity index (χ4n) is 2.36. The smallest absolute Gasteiger partial charge is 0.137 e. The van der Waals surface area contributed by atoms with Gasteiger partial charge in [0.2, 0.25) is 0 Å². The van der Waals surface area contributed by atoms with E-state index in [1.54, 1.807) is 12.3 Å². The van der Waals surface area contributed by atoms with Crippen molar-refractivity contribution >= 4 is 16.6 Å². The Morgan fingerprint density at radius 2 is 1.94 bits per heavy atom. The standard InChI is InChI=1S/C13H13F2N3/c14-9-7-10(15)13-11(8-9)17-2-1-12(13)18-5-3-16-4-6-18/h1-2,7-8,16H,3-6H2. The Kier molecular flexibility index (Phi) is 2.83. The molecule has 2 heterocycles. The lowest BCUT2D eigenvalue weighted by molar-refractivity contribution is 0.583. The first kappa shape index (κ1) is 11.3. The van der Waals surface area contributed by atoms with Crippen molar-refractivity contribution in [1.82, 2.24) is 10.3 Å². The molecule has 0 aliphatic carbocycles. The molecule has 0 spiro atoms. The fraction of sp³-hybridized carbons (Fsp3) is 0.308. The summed E-state index contributed by atoms with van der Waals surface area (Å²) in [5.74, 6) is -1.14. The number of benzene rings is 1. The van der Waals surface area contributed by atoms with Gasteiger partial charge in [0.05, 0.1) is 16.6 Å². The maximum atomic E-state index is 13.9. The molecule has 2 aromatic rings. The fourth-order valence-corrected chi connectivity index (χ4v) is 2.36. The normalized spacial score (nSPS) is 16.2. The predicted molar refractivity (Wildman–Crippen MR) is 66.7 cm³/mol. The van der Waals surface area contributed by atoms with E-state index in [9.17, 15) is 8.78 Å². The molecule has 18 heavy (non-hydrogen) atoms. The van der Waals surface area contributed by atoms with Crippen LogP contribution in [0.2, 0.25) is 0 Å². The summed E-state index contributed by atoms with van der Waals surface area (Å²) in [5, 5.41) is 3.65. The molecule has 1 fully saturated rings. The van der Waals surface area contributed by atoms with Crippen LogP contribution in [0.15, 0.2) is 24.4 Å². The third kappa shape index (κ3) is 1.90. The summed E-state index contributed by atoms with van der Waals surface area (Å²) in [6, 6.07) is 3.97. The Hall–Kier alpha value is -1.75. The summed E-state index contributed by atoms with van der Waals surface area (Å²) in [6.45, 7) is 3.37. The van der Waals surface area contributed by atoms with Crippen LogP contribution in [0.25, 0.3) is 10.9 Å². The third-order valence-electron chi connectivity index (χ3n) is 3.19. The van der Waals surface area contributed by atoms with Crippen LogP contribution in [0.1, 0.15) is 0 Å². The lowest BCUT2D eigenvalue weighted by Crippen LogP contribution is -2.43. The molecule has 1 N–H and O–H groups in total. The van der Waals surface area contributed by atoms with Gasteiger partial charge in [0.25, 0.3) is 0 Å². The highest BCUT2D eigenvalue weighted by molar-refractivity contribution is 5.92. The second kappa shape index (κ2) is 4.49. The summed E-state index contributed by atoms with van der Waals surface area (Å²) in [6.07, 6.45) is 1.60. The number of nitrogens with zero attached hydrogens (tertiary/aromatic N) is 2. The molecule has 1 aromatic heterocycles. The second-order valence-corrected chi connectivity index (χ2v) is 4.35. The van der Waals surface area contributed by atoms with E-state index in [0.29, 0.717) is 10.9 Å². The van der Waals surface area contributed by atoms with Gasteiger partial charge in [-0.25, -0.2) is 8.78 Å². The SMILES string of the molecule is Fc1cc(F)c2c(N3CCNCC3)ccnc2c1. The van der Waals surface area contributed by atoms with E-state index < -0.39 is 11.6 Å². The molecule has 3 nitrogen and oxygen atoms in total. The maximum absolute atomic E-state index is 13.9. The number of pyridine rings is 1. The van der Waals surface area contributed by atoms with E-state index in [2.05, 4.69) is 15.2 Å². The quantitative estimate of drug-likeness (QED) is 0.837. The number of fused-ring (bicyclic) bond motifs is 1. The third-order valence-corrected chi connectivity index (χ3v) is 3.19. The van der Waals surface area contributed by atoms with Crippen LogP contribution in [0.3, 0.4) is 0 Å². The molecule has 0 saturated carbocycles. The lowest BCUT2D eigenvalue weighted by atomic mass is 10.1. The van der Waals surface area contributed by atoms with Crippen LogP contribution in [-0.4, -0.2) is 31.2 Å². The highest BCUT2D eigenvalue weighted by Gasteiger charge is 2.16. The zero-order valence-corrected chi connectivity index (χ0v) is 9.79. The van der Waals surface area contributed by atoms with E-state index in [4.69, 9.17) is 0 Å². The number of anilines is 1. The highest BCUT2D eigenvalue weighted by Crippen LogP contribution is 2.28. The van der Waals surface area contributed by atoms with Gasteiger partial charge in [0, 0.05) is 44.5 Å². The largest absolute Gasteiger partial charge is 0.368 e. The molecule has 1 aromatic carbocycles. The molecule has 1 aliphatic heterocycles. The van der Waals surface area contributed by atoms with Gasteiger partial charge in [0.1, 0.15) is 11.6 Å². The molecule has 94 valence electrons. The molecular weight excluding hydrogens is 236 g/mol. The molecule has 1 saturated heterocycles. The van der Waals surface area contributed by atoms with Crippen molar-refractivity contribution in [2.75, 3.05) is 31.1 Å². The second-order valence-electron chi connectivity index (χ2n) is 4.35. The van der Waals surface area contributed by atoms with Gasteiger partial charge >= 0.3 is 0 Å². The Morgan fingerprint density at radius 1 is 1.17 bits per heavy atom. The van der Waals surface area contributed by atoms with Crippen LogP contribution < -0.4 is 10.2 Å². The van der Waals surface area contributed by atoms with Gasteiger partial charge in [-0.15, -0.1) is 0 Å². The van der Waals surface area contributed by atoms with E-state index in [-0.39, 0.29) is 0 Å². The summed E-state index contributed by atoms with van der Waals surface area (Å²) in [4.78, 5) is 6.13. The zero-order valence-electron chi connectivity index (χ0n) is 9.79. The van der Waals surface area contributed by atoms with Gasteiger partial charge in [-0.1, -0.05) is 0 Å². The number of hydrogen-bond acceptors (Lipinski definition) is 3. The summed E-state index contributed by atoms with van der Waals surface area (Å²) >= 11 is 0. The van der Waals surface area contributed by atoms with Crippen molar-refractivity contribution in [3.8, 4) is 0 Å². The number of hydrogen-bond donors (Lipinski definition) is 1. The van der Waals surface area contributed by atoms with E-state index in [1.165, 1.54) is 6.07 Å². The number of nitrogens with one attached hydrogen (secondary N) is 1. The molecule has 0 bridgehead atoms. The Balaban J connectivity index is 2.16. The van der Waals surface area contributed by atoms with E-state index in [1.807, 2.05) is 0 Å². The van der Waals surface area contributed by atoms with Crippen molar-refractivity contribution in [2.24, 2.45) is 0 Å². The minimum Gasteiger partial charge on any atom is -0.368 e. The molecule has 0 atom stereocenters. The first-order chi connectivity index (χ1) is 8.75. The zero-order chi connectivity index (χ0) is 12.5. The number of rotatable bonds is 1. The predicted octanol–water partition coefficient (Wildman–Crippen LogP) is 1.92. The maximum Gasteiger partial charge on any atom is 0.137 e. The van der Waals surface area contributed by atoms with Crippen molar-refractivity contribution in [2.45, 2.75) is 0 Å². The van der Waals surface area contributed by atoms with Crippen LogP contribution in [0.5, 0.6) is 0 Å². The van der Waals surface area contributed by atoms with Crippen LogP contribution in [0.4, 0.5) is 14.5 Å². The first-order valence-electron chi connectivity index (χ1n) is 5.95. The van der Waals surface area contributed by atoms with Gasteiger partial charge in [-0.2, -0.15) is 0 Å². The van der Waals surface area contributed by atoms with Gasteiger partial charge in [0.15, 0.2) is 0 Å². The molecule has 3 rings (SSSR count). The van der Waals surface area contributed by atoms with Crippen LogP contribution in [0, 0.1) is 11.6 Å². The summed E-state index contributed by atoms with van der Waals surface area (Å²) in [5.41, 5.74) is 1.16. The number of aromatic nitrogens is 1. The average molecular weight is 249 g/mol. The molecule has 1 aliphatic rings. The minimum atomic E-state index is -0.593. The minimum absolute atomic E-state index is 0.364. The van der Waals surface area contributed by atoms with Crippen molar-refractivity contribution < 1.29 is 8.78 Å². The van der Waals surface area contributed by atoms with Gasteiger partial charge in [-0.3, -0.25) is 4.98 Å². The lowest BCUT2D eigenvalue weighted by Gasteiger charge is -2.30. The number of piperazine rings is 1. The average Bonchev–Trinajstić information content (AvgIpc) is 2.38. The molecule has 5 heteroatoms. The van der Waals surface area contributed by atoms with Crippen LogP contribution >= 0.6 is 0 Å². The molecular formula is C13H13F2N3. The molecule has 0 radical (unpaired) electrons. The monoisotopic (exact) mass is 249 g/mol. The van der Waals surface area contributed by atoms with Crippen molar-refractivity contribution in [1.29, 1.82) is 0 Å². The molecule has 0 amide bonds. The van der Waals surface area contributed by atoms with Crippen molar-refractivity contribution in [3.05, 3.63) is 36.0 Å². The van der Waals surface area contributed by atoms with Crippen LogP contribution in [-0.2, 0) is 0 Å². The molecule has 0 unspecified atom stereocenters. The Labute approximate surface area is 103 Å².